The minimum atomic E-state index is -1.32. The summed E-state index contributed by atoms with van der Waals surface area (Å²) in [5, 5.41) is 9.63. The fourth-order valence-corrected chi connectivity index (χ4v) is 5.99. The van der Waals surface area contributed by atoms with Gasteiger partial charge in [0.25, 0.3) is 0 Å². The highest BCUT2D eigenvalue weighted by Gasteiger charge is 2.42. The SMILES string of the molecule is CC1C[C@@H]2CN(c3c(F)cc4c(=O)c(C(=O)O)cn(C5CC5)c4c3Cl)C[C@@H]2[C@H](N)C1. The lowest BCUT2D eigenvalue weighted by Crippen LogP contribution is -2.41. The van der Waals surface area contributed by atoms with E-state index in [0.29, 0.717) is 42.0 Å². The number of hydrogen-bond acceptors (Lipinski definition) is 4. The number of nitrogens with two attached hydrogens (primary N) is 1. The molecule has 1 aromatic carbocycles. The number of carbonyl (C=O) groups is 1. The number of fused-ring (bicyclic) bond motifs is 2. The summed E-state index contributed by atoms with van der Waals surface area (Å²) in [6.45, 7) is 3.53. The van der Waals surface area contributed by atoms with Crippen LogP contribution in [-0.2, 0) is 0 Å². The van der Waals surface area contributed by atoms with Crippen molar-refractivity contribution < 1.29 is 14.3 Å². The van der Waals surface area contributed by atoms with Crippen molar-refractivity contribution >= 4 is 34.2 Å². The highest BCUT2D eigenvalue weighted by molar-refractivity contribution is 6.38. The van der Waals surface area contributed by atoms with E-state index in [-0.39, 0.29) is 28.1 Å². The number of carboxylic acids is 1. The number of aromatic nitrogens is 1. The van der Waals surface area contributed by atoms with Gasteiger partial charge < -0.3 is 20.3 Å². The molecule has 2 aromatic rings. The summed E-state index contributed by atoms with van der Waals surface area (Å²) in [7, 11) is 0. The van der Waals surface area contributed by atoms with Crippen LogP contribution in [0.3, 0.4) is 0 Å². The third-order valence-electron chi connectivity index (χ3n) is 7.09. The average Bonchev–Trinajstić information content (AvgIpc) is 3.42. The van der Waals surface area contributed by atoms with Crippen LogP contribution in [0.2, 0.25) is 5.02 Å². The molecule has 6 nitrogen and oxygen atoms in total. The standard InChI is InChI=1S/C22H25ClFN3O3/c1-10-4-11-7-26(8-14(11)17(25)5-10)20-16(24)6-13-19(18(20)23)27(12-2-3-12)9-15(21(13)28)22(29)30/h6,9-12,14,17H,2-5,7-8,25H2,1H3,(H,29,30)/t10?,11-,14+,17-/m1/s1. The van der Waals surface area contributed by atoms with Crippen molar-refractivity contribution in [2.45, 2.75) is 44.7 Å². The van der Waals surface area contributed by atoms with E-state index in [9.17, 15) is 14.7 Å². The number of benzene rings is 1. The topological polar surface area (TPSA) is 88.6 Å². The number of anilines is 1. The van der Waals surface area contributed by atoms with E-state index >= 15 is 4.39 Å². The van der Waals surface area contributed by atoms with Crippen LogP contribution in [0.5, 0.6) is 0 Å². The molecule has 3 aliphatic rings. The van der Waals surface area contributed by atoms with Crippen molar-refractivity contribution in [1.29, 1.82) is 0 Å². The molecule has 4 atom stereocenters. The number of nitrogens with zero attached hydrogens (tertiary/aromatic N) is 2. The summed E-state index contributed by atoms with van der Waals surface area (Å²) >= 11 is 6.75. The van der Waals surface area contributed by atoms with Gasteiger partial charge in [-0.15, -0.1) is 0 Å². The second-order valence-corrected chi connectivity index (χ2v) is 9.68. The van der Waals surface area contributed by atoms with Crippen molar-refractivity contribution in [3.63, 3.8) is 0 Å². The molecule has 2 aliphatic carbocycles. The van der Waals surface area contributed by atoms with Crippen molar-refractivity contribution in [3.05, 3.63) is 38.9 Å². The molecule has 1 aliphatic heterocycles. The summed E-state index contributed by atoms with van der Waals surface area (Å²) in [4.78, 5) is 26.3. The van der Waals surface area contributed by atoms with Crippen LogP contribution in [0.1, 0.15) is 49.0 Å². The molecule has 1 saturated heterocycles. The number of hydrogen-bond donors (Lipinski definition) is 2. The first-order valence-corrected chi connectivity index (χ1v) is 10.9. The molecule has 160 valence electrons. The molecular weight excluding hydrogens is 409 g/mol. The molecule has 1 unspecified atom stereocenters. The van der Waals surface area contributed by atoms with Crippen LogP contribution in [-0.4, -0.2) is 34.8 Å². The summed E-state index contributed by atoms with van der Waals surface area (Å²) in [6, 6.07) is 1.33. The molecule has 0 spiro atoms. The van der Waals surface area contributed by atoms with Gasteiger partial charge in [-0.3, -0.25) is 4.79 Å². The van der Waals surface area contributed by atoms with E-state index in [1.54, 1.807) is 4.57 Å². The highest BCUT2D eigenvalue weighted by Crippen LogP contribution is 2.45. The number of rotatable bonds is 3. The minimum Gasteiger partial charge on any atom is -0.477 e. The van der Waals surface area contributed by atoms with Crippen LogP contribution in [0.15, 0.2) is 17.1 Å². The number of pyridine rings is 1. The van der Waals surface area contributed by atoms with Crippen molar-refractivity contribution in [2.75, 3.05) is 18.0 Å². The third-order valence-corrected chi connectivity index (χ3v) is 7.45. The van der Waals surface area contributed by atoms with Crippen molar-refractivity contribution in [2.24, 2.45) is 23.5 Å². The van der Waals surface area contributed by atoms with Crippen molar-refractivity contribution in [3.8, 4) is 0 Å². The fraction of sp³-hybridized carbons (Fsp3) is 0.545. The van der Waals surface area contributed by atoms with E-state index in [1.807, 2.05) is 4.90 Å². The Morgan fingerprint density at radius 3 is 2.70 bits per heavy atom. The largest absolute Gasteiger partial charge is 0.477 e. The molecule has 8 heteroatoms. The zero-order valence-electron chi connectivity index (χ0n) is 16.8. The maximum Gasteiger partial charge on any atom is 0.341 e. The third kappa shape index (κ3) is 3.02. The minimum absolute atomic E-state index is 0.0231. The monoisotopic (exact) mass is 433 g/mol. The maximum atomic E-state index is 15.3. The summed E-state index contributed by atoms with van der Waals surface area (Å²) in [6.07, 6.45) is 5.15. The zero-order valence-corrected chi connectivity index (χ0v) is 17.5. The zero-order chi connectivity index (χ0) is 21.3. The van der Waals surface area contributed by atoms with Gasteiger partial charge in [0.1, 0.15) is 11.4 Å². The van der Waals surface area contributed by atoms with Crippen LogP contribution in [0, 0.1) is 23.6 Å². The molecule has 2 heterocycles. The van der Waals surface area contributed by atoms with Gasteiger partial charge in [0.05, 0.1) is 21.6 Å². The van der Waals surface area contributed by atoms with Gasteiger partial charge in [-0.05, 0) is 49.5 Å². The second kappa shape index (κ2) is 6.95. The van der Waals surface area contributed by atoms with Gasteiger partial charge in [-0.1, -0.05) is 18.5 Å². The Kier molecular flexibility index (Phi) is 4.59. The Hall–Kier alpha value is -2.12. The predicted octanol–water partition coefficient (Wildman–Crippen LogP) is 3.64. The normalized spacial score (nSPS) is 28.7. The maximum absolute atomic E-state index is 15.3. The number of aromatic carboxylic acids is 1. The van der Waals surface area contributed by atoms with E-state index in [1.165, 1.54) is 6.20 Å². The van der Waals surface area contributed by atoms with E-state index in [2.05, 4.69) is 6.92 Å². The lowest BCUT2D eigenvalue weighted by molar-refractivity contribution is 0.0695. The molecule has 0 bridgehead atoms. The first-order valence-electron chi connectivity index (χ1n) is 10.6. The van der Waals surface area contributed by atoms with E-state index in [0.717, 1.165) is 31.7 Å². The van der Waals surface area contributed by atoms with Gasteiger partial charge in [0, 0.05) is 31.4 Å². The Bertz CT molecular complexity index is 1110. The highest BCUT2D eigenvalue weighted by atomic mass is 35.5. The predicted molar refractivity (Wildman–Crippen MR) is 114 cm³/mol. The molecule has 5 rings (SSSR count). The Labute approximate surface area is 178 Å². The Morgan fingerprint density at radius 1 is 1.30 bits per heavy atom. The summed E-state index contributed by atoms with van der Waals surface area (Å²) in [5.74, 6) is -0.659. The van der Waals surface area contributed by atoms with Gasteiger partial charge >= 0.3 is 5.97 Å². The summed E-state index contributed by atoms with van der Waals surface area (Å²) < 4.78 is 17.0. The lowest BCUT2D eigenvalue weighted by Gasteiger charge is -2.33. The molecule has 3 N–H and O–H groups in total. The van der Waals surface area contributed by atoms with Gasteiger partial charge in [0.2, 0.25) is 5.43 Å². The molecule has 0 radical (unpaired) electrons. The quantitative estimate of drug-likeness (QED) is 0.771. The van der Waals surface area contributed by atoms with Gasteiger partial charge in [0.15, 0.2) is 0 Å². The van der Waals surface area contributed by atoms with Crippen LogP contribution < -0.4 is 16.1 Å². The number of carboxylic acid groups (broad SMARTS) is 1. The second-order valence-electron chi connectivity index (χ2n) is 9.30. The molecule has 30 heavy (non-hydrogen) atoms. The van der Waals surface area contributed by atoms with E-state index in [4.69, 9.17) is 17.3 Å². The first kappa shape index (κ1) is 19.8. The average molecular weight is 434 g/mol. The van der Waals surface area contributed by atoms with Gasteiger partial charge in [-0.2, -0.15) is 0 Å². The number of halogens is 2. The first-order chi connectivity index (χ1) is 14.3. The Balaban J connectivity index is 1.66. The van der Waals surface area contributed by atoms with E-state index < -0.39 is 17.2 Å². The molecular formula is C22H25ClFN3O3. The fourth-order valence-electron chi connectivity index (χ4n) is 5.58. The summed E-state index contributed by atoms with van der Waals surface area (Å²) in [5.41, 5.74) is 6.07. The van der Waals surface area contributed by atoms with Crippen LogP contribution >= 0.6 is 11.6 Å². The van der Waals surface area contributed by atoms with Crippen molar-refractivity contribution in [1.82, 2.24) is 4.57 Å². The molecule has 1 aromatic heterocycles. The molecule has 2 saturated carbocycles. The Morgan fingerprint density at radius 2 is 2.03 bits per heavy atom. The van der Waals surface area contributed by atoms with Crippen LogP contribution in [0.4, 0.5) is 10.1 Å². The smallest absolute Gasteiger partial charge is 0.341 e. The lowest BCUT2D eigenvalue weighted by atomic mass is 9.74. The molecule has 3 fully saturated rings. The molecule has 0 amide bonds. The van der Waals surface area contributed by atoms with Gasteiger partial charge in [-0.25, -0.2) is 9.18 Å². The van der Waals surface area contributed by atoms with Crippen LogP contribution in [0.25, 0.3) is 10.9 Å².